The SMILES string of the molecule is NC(CCC(=O)NC(CS)C(=O)NCC(=O)OO)C(=O)O. The highest BCUT2D eigenvalue weighted by Gasteiger charge is 2.21. The molecule has 10 nitrogen and oxygen atoms in total. The third kappa shape index (κ3) is 8.12. The van der Waals surface area contributed by atoms with Gasteiger partial charge in [0.05, 0.1) is 0 Å². The standard InChI is InChI=1S/C10H17N3O7S/c11-5(10(17)18)1-2-7(14)13-6(4-21)9(16)12-3-8(15)20-19/h5-6,19,21H,1-4,11H2,(H,12,16)(H,13,14)(H,17,18). The number of hydrogen-bond acceptors (Lipinski definition) is 8. The van der Waals surface area contributed by atoms with Crippen molar-refractivity contribution in [2.24, 2.45) is 5.73 Å². The number of hydrogen-bond donors (Lipinski definition) is 6. The maximum absolute atomic E-state index is 11.6. The fraction of sp³-hybridized carbons (Fsp3) is 0.600. The van der Waals surface area contributed by atoms with Crippen molar-refractivity contribution >= 4 is 36.4 Å². The van der Waals surface area contributed by atoms with Crippen LogP contribution in [0.5, 0.6) is 0 Å². The summed E-state index contributed by atoms with van der Waals surface area (Å²) in [5, 5.41) is 21.0. The van der Waals surface area contributed by atoms with Gasteiger partial charge in [-0.2, -0.15) is 17.9 Å². The molecule has 2 amide bonds. The van der Waals surface area contributed by atoms with Crippen molar-refractivity contribution in [1.29, 1.82) is 0 Å². The normalized spacial score (nSPS) is 12.9. The average molecular weight is 323 g/mol. The van der Waals surface area contributed by atoms with Crippen LogP contribution in [0.2, 0.25) is 0 Å². The van der Waals surface area contributed by atoms with Crippen LogP contribution in [0.1, 0.15) is 12.8 Å². The van der Waals surface area contributed by atoms with Crippen LogP contribution in [-0.4, -0.2) is 58.5 Å². The molecule has 120 valence electrons. The van der Waals surface area contributed by atoms with Crippen LogP contribution in [0.25, 0.3) is 0 Å². The first kappa shape index (κ1) is 19.1. The molecule has 0 rings (SSSR count). The number of nitrogens with one attached hydrogen (secondary N) is 2. The highest BCUT2D eigenvalue weighted by molar-refractivity contribution is 7.80. The van der Waals surface area contributed by atoms with Gasteiger partial charge in [-0.05, 0) is 6.42 Å². The molecule has 0 aliphatic rings. The summed E-state index contributed by atoms with van der Waals surface area (Å²) in [4.78, 5) is 47.6. The van der Waals surface area contributed by atoms with Crippen LogP contribution in [-0.2, 0) is 24.1 Å². The molecule has 0 aromatic heterocycles. The summed E-state index contributed by atoms with van der Waals surface area (Å²) >= 11 is 3.88. The lowest BCUT2D eigenvalue weighted by atomic mass is 10.1. The van der Waals surface area contributed by atoms with Crippen molar-refractivity contribution in [3.05, 3.63) is 0 Å². The van der Waals surface area contributed by atoms with Gasteiger partial charge in [-0.15, -0.1) is 0 Å². The Balaban J connectivity index is 4.23. The van der Waals surface area contributed by atoms with Crippen LogP contribution in [0.3, 0.4) is 0 Å². The number of carboxylic acid groups (broad SMARTS) is 1. The molecule has 0 spiro atoms. The number of carbonyl (C=O) groups excluding carboxylic acids is 3. The predicted molar refractivity (Wildman–Crippen MR) is 72.4 cm³/mol. The van der Waals surface area contributed by atoms with Crippen molar-refractivity contribution in [2.45, 2.75) is 24.9 Å². The monoisotopic (exact) mass is 323 g/mol. The first-order chi connectivity index (χ1) is 9.81. The number of carboxylic acids is 1. The van der Waals surface area contributed by atoms with E-state index in [2.05, 4.69) is 28.1 Å². The van der Waals surface area contributed by atoms with Crippen LogP contribution >= 0.6 is 12.6 Å². The van der Waals surface area contributed by atoms with Crippen molar-refractivity contribution < 1.29 is 34.4 Å². The van der Waals surface area contributed by atoms with Gasteiger partial charge in [0.2, 0.25) is 11.8 Å². The summed E-state index contributed by atoms with van der Waals surface area (Å²) in [6.45, 7) is -0.570. The molecular weight excluding hydrogens is 306 g/mol. The number of aliphatic carboxylic acids is 1. The maximum Gasteiger partial charge on any atom is 0.360 e. The minimum atomic E-state index is -1.23. The number of rotatable bonds is 9. The molecule has 0 aliphatic heterocycles. The quantitative estimate of drug-likeness (QED) is 0.157. The Morgan fingerprint density at radius 2 is 1.90 bits per heavy atom. The summed E-state index contributed by atoms with van der Waals surface area (Å²) in [5.41, 5.74) is 5.24. The molecule has 0 aromatic carbocycles. The zero-order valence-electron chi connectivity index (χ0n) is 10.9. The van der Waals surface area contributed by atoms with Gasteiger partial charge < -0.3 is 21.5 Å². The highest BCUT2D eigenvalue weighted by Crippen LogP contribution is 1.97. The Morgan fingerprint density at radius 3 is 2.38 bits per heavy atom. The Kier molecular flexibility index (Phi) is 9.08. The van der Waals surface area contributed by atoms with E-state index in [-0.39, 0.29) is 18.6 Å². The lowest BCUT2D eigenvalue weighted by Crippen LogP contribution is -2.49. The van der Waals surface area contributed by atoms with Crippen molar-refractivity contribution in [3.8, 4) is 0 Å². The molecule has 0 saturated heterocycles. The molecule has 0 radical (unpaired) electrons. The molecule has 0 fully saturated rings. The van der Waals surface area contributed by atoms with Gasteiger partial charge in [0, 0.05) is 12.2 Å². The molecule has 0 aliphatic carbocycles. The molecule has 6 N–H and O–H groups in total. The number of thiol groups is 1. The minimum absolute atomic E-state index is 0.0449. The zero-order chi connectivity index (χ0) is 16.4. The van der Waals surface area contributed by atoms with Gasteiger partial charge in [0.15, 0.2) is 0 Å². The maximum atomic E-state index is 11.6. The molecule has 2 atom stereocenters. The second-order valence-corrected chi connectivity index (χ2v) is 4.33. The van der Waals surface area contributed by atoms with Gasteiger partial charge in [-0.3, -0.25) is 19.3 Å². The van der Waals surface area contributed by atoms with E-state index in [1.54, 1.807) is 0 Å². The molecule has 0 aromatic rings. The van der Waals surface area contributed by atoms with Crippen LogP contribution < -0.4 is 16.4 Å². The first-order valence-corrected chi connectivity index (χ1v) is 6.45. The van der Waals surface area contributed by atoms with E-state index >= 15 is 0 Å². The topological polar surface area (TPSA) is 168 Å². The summed E-state index contributed by atoms with van der Waals surface area (Å²) in [6, 6.07) is -2.19. The smallest absolute Gasteiger partial charge is 0.360 e. The Hall–Kier alpha value is -1.85. The third-order valence-corrected chi connectivity index (χ3v) is 2.71. The van der Waals surface area contributed by atoms with E-state index in [4.69, 9.17) is 16.1 Å². The molecule has 0 bridgehead atoms. The summed E-state index contributed by atoms with van der Waals surface area (Å²) in [7, 11) is 0. The number of nitrogens with two attached hydrogens (primary N) is 1. The lowest BCUT2D eigenvalue weighted by Gasteiger charge is -2.16. The van der Waals surface area contributed by atoms with E-state index < -0.39 is 42.4 Å². The Morgan fingerprint density at radius 1 is 1.29 bits per heavy atom. The Bertz CT molecular complexity index is 404. The average Bonchev–Trinajstić information content (AvgIpc) is 2.46. The fourth-order valence-electron chi connectivity index (χ4n) is 1.19. The molecule has 11 heteroatoms. The summed E-state index contributed by atoms with van der Waals surface area (Å²) in [6.07, 6.45) is -0.261. The van der Waals surface area contributed by atoms with E-state index in [1.807, 2.05) is 0 Å². The van der Waals surface area contributed by atoms with E-state index in [0.29, 0.717) is 0 Å². The summed E-state index contributed by atoms with van der Waals surface area (Å²) in [5.74, 6) is -3.62. The minimum Gasteiger partial charge on any atom is -0.480 e. The second-order valence-electron chi connectivity index (χ2n) is 3.97. The van der Waals surface area contributed by atoms with E-state index in [0.717, 1.165) is 0 Å². The van der Waals surface area contributed by atoms with Gasteiger partial charge in [-0.25, -0.2) is 4.79 Å². The van der Waals surface area contributed by atoms with Crippen molar-refractivity contribution in [3.63, 3.8) is 0 Å². The first-order valence-electron chi connectivity index (χ1n) is 5.82. The van der Waals surface area contributed by atoms with Gasteiger partial charge >= 0.3 is 11.9 Å². The van der Waals surface area contributed by atoms with Crippen LogP contribution in [0, 0.1) is 0 Å². The summed E-state index contributed by atoms with van der Waals surface area (Å²) < 4.78 is 0. The number of carbonyl (C=O) groups is 4. The van der Waals surface area contributed by atoms with Crippen LogP contribution in [0.4, 0.5) is 0 Å². The second kappa shape index (κ2) is 9.96. The fourth-order valence-corrected chi connectivity index (χ4v) is 1.44. The van der Waals surface area contributed by atoms with E-state index in [1.165, 1.54) is 0 Å². The third-order valence-electron chi connectivity index (χ3n) is 2.34. The molecule has 2 unspecified atom stereocenters. The van der Waals surface area contributed by atoms with Crippen molar-refractivity contribution in [1.82, 2.24) is 10.6 Å². The van der Waals surface area contributed by atoms with Crippen molar-refractivity contribution in [2.75, 3.05) is 12.3 Å². The van der Waals surface area contributed by atoms with Crippen LogP contribution in [0.15, 0.2) is 0 Å². The van der Waals surface area contributed by atoms with Gasteiger partial charge in [0.1, 0.15) is 18.6 Å². The molecular formula is C10H17N3O7S. The highest BCUT2D eigenvalue weighted by atomic mass is 32.1. The lowest BCUT2D eigenvalue weighted by molar-refractivity contribution is -0.233. The zero-order valence-corrected chi connectivity index (χ0v) is 11.8. The number of amides is 2. The largest absolute Gasteiger partial charge is 0.480 e. The van der Waals surface area contributed by atoms with E-state index in [9.17, 15) is 19.2 Å². The van der Waals surface area contributed by atoms with Gasteiger partial charge in [-0.1, -0.05) is 0 Å². The Labute approximate surface area is 125 Å². The molecule has 0 heterocycles. The van der Waals surface area contributed by atoms with Gasteiger partial charge in [0.25, 0.3) is 0 Å². The molecule has 21 heavy (non-hydrogen) atoms. The predicted octanol–water partition coefficient (Wildman–Crippen LogP) is -2.27. The molecule has 0 saturated carbocycles.